The number of hydrogen-bond acceptors (Lipinski definition) is 3. The van der Waals surface area contributed by atoms with Gasteiger partial charge in [-0.2, -0.15) is 0 Å². The summed E-state index contributed by atoms with van der Waals surface area (Å²) in [6.07, 6.45) is 0. The van der Waals surface area contributed by atoms with Crippen molar-refractivity contribution in [3.05, 3.63) is 102 Å². The van der Waals surface area contributed by atoms with E-state index in [9.17, 15) is 4.79 Å². The van der Waals surface area contributed by atoms with Crippen molar-refractivity contribution in [2.75, 3.05) is 10.6 Å². The minimum atomic E-state index is -0.0488. The smallest absolute Gasteiger partial charge is 0.226 e. The summed E-state index contributed by atoms with van der Waals surface area (Å²) in [5.41, 5.74) is 5.31. The molecule has 4 rings (SSSR count). The van der Waals surface area contributed by atoms with Crippen molar-refractivity contribution in [3.63, 3.8) is 0 Å². The van der Waals surface area contributed by atoms with Crippen molar-refractivity contribution in [2.45, 2.75) is 33.9 Å². The first kappa shape index (κ1) is 22.4. The summed E-state index contributed by atoms with van der Waals surface area (Å²) >= 11 is 0. The molecule has 0 heterocycles. The van der Waals surface area contributed by atoms with Gasteiger partial charge in [-0.25, -0.2) is 0 Å². The maximum absolute atomic E-state index is 11.9. The largest absolute Gasteiger partial charge is 0.489 e. The van der Waals surface area contributed by atoms with E-state index >= 15 is 0 Å². The molecule has 33 heavy (non-hydrogen) atoms. The fourth-order valence-electron chi connectivity index (χ4n) is 3.71. The lowest BCUT2D eigenvalue weighted by Gasteiger charge is -2.17. The highest BCUT2D eigenvalue weighted by Gasteiger charge is 2.11. The summed E-state index contributed by atoms with van der Waals surface area (Å²) in [5.74, 6) is 0.847. The third-order valence-corrected chi connectivity index (χ3v) is 5.79. The maximum atomic E-state index is 11.9. The Bertz CT molecular complexity index is 1250. The standard InChI is InChI=1S/C29H30N2O2/c1-20(2)29(32)31-25-15-13-24(14-16-25)30-18-27-26-11-7-6-9-22(26)12-17-28(27)33-19-23-10-5-4-8-21(23)3/h4-17,20,30H,18-19H2,1-3H3,(H,31,32). The molecule has 0 fully saturated rings. The van der Waals surface area contributed by atoms with Gasteiger partial charge in [0, 0.05) is 29.4 Å². The van der Waals surface area contributed by atoms with Crippen LogP contribution in [-0.4, -0.2) is 5.91 Å². The molecule has 4 heteroatoms. The Labute approximate surface area is 195 Å². The van der Waals surface area contributed by atoms with Crippen molar-refractivity contribution in [1.82, 2.24) is 0 Å². The third kappa shape index (κ3) is 5.53. The molecule has 1 amide bonds. The molecule has 0 bridgehead atoms. The summed E-state index contributed by atoms with van der Waals surface area (Å²) in [7, 11) is 0. The third-order valence-electron chi connectivity index (χ3n) is 5.79. The van der Waals surface area contributed by atoms with Crippen molar-refractivity contribution in [1.29, 1.82) is 0 Å². The molecule has 0 saturated carbocycles. The number of ether oxygens (including phenoxy) is 1. The number of carbonyl (C=O) groups excluding carboxylic acids is 1. The Morgan fingerprint density at radius 2 is 1.55 bits per heavy atom. The predicted octanol–water partition coefficient (Wildman–Crippen LogP) is 6.93. The second-order valence-corrected chi connectivity index (χ2v) is 8.55. The zero-order chi connectivity index (χ0) is 23.2. The van der Waals surface area contributed by atoms with Crippen LogP contribution in [0.2, 0.25) is 0 Å². The van der Waals surface area contributed by atoms with Crippen LogP contribution < -0.4 is 15.4 Å². The Balaban J connectivity index is 1.53. The van der Waals surface area contributed by atoms with Gasteiger partial charge in [0.15, 0.2) is 0 Å². The van der Waals surface area contributed by atoms with Crippen molar-refractivity contribution in [3.8, 4) is 5.75 Å². The van der Waals surface area contributed by atoms with E-state index in [4.69, 9.17) is 4.74 Å². The second-order valence-electron chi connectivity index (χ2n) is 8.55. The lowest BCUT2D eigenvalue weighted by Crippen LogP contribution is -2.17. The van der Waals surface area contributed by atoms with Crippen LogP contribution in [0.5, 0.6) is 5.75 Å². The molecule has 2 N–H and O–H groups in total. The summed E-state index contributed by atoms with van der Waals surface area (Å²) in [4.78, 5) is 11.9. The minimum absolute atomic E-state index is 0.0157. The highest BCUT2D eigenvalue weighted by atomic mass is 16.5. The van der Waals surface area contributed by atoms with Gasteiger partial charge in [0.25, 0.3) is 0 Å². The number of amides is 1. The molecule has 4 nitrogen and oxygen atoms in total. The average molecular weight is 439 g/mol. The summed E-state index contributed by atoms with van der Waals surface area (Å²) in [6.45, 7) is 7.03. The fourth-order valence-corrected chi connectivity index (χ4v) is 3.71. The highest BCUT2D eigenvalue weighted by Crippen LogP contribution is 2.30. The molecule has 0 saturated heterocycles. The van der Waals surface area contributed by atoms with Crippen LogP contribution in [-0.2, 0) is 17.9 Å². The highest BCUT2D eigenvalue weighted by molar-refractivity contribution is 5.92. The van der Waals surface area contributed by atoms with Gasteiger partial charge in [-0.15, -0.1) is 0 Å². The molecule has 0 aliphatic heterocycles. The van der Waals surface area contributed by atoms with Crippen LogP contribution in [0.15, 0.2) is 84.9 Å². The van der Waals surface area contributed by atoms with E-state index in [1.54, 1.807) is 0 Å². The van der Waals surface area contributed by atoms with Gasteiger partial charge in [0.2, 0.25) is 5.91 Å². The molecule has 168 valence electrons. The summed E-state index contributed by atoms with van der Waals surface area (Å²) in [6, 6.07) is 28.6. The molecule has 0 aliphatic rings. The van der Waals surface area contributed by atoms with Gasteiger partial charge >= 0.3 is 0 Å². The normalized spacial score (nSPS) is 10.9. The van der Waals surface area contributed by atoms with Crippen LogP contribution in [0.4, 0.5) is 11.4 Å². The molecule has 0 aromatic heterocycles. The lowest BCUT2D eigenvalue weighted by molar-refractivity contribution is -0.118. The van der Waals surface area contributed by atoms with Gasteiger partial charge in [0.1, 0.15) is 12.4 Å². The molecular formula is C29H30N2O2. The van der Waals surface area contributed by atoms with E-state index < -0.39 is 0 Å². The van der Waals surface area contributed by atoms with Gasteiger partial charge in [-0.05, 0) is 59.2 Å². The molecule has 4 aromatic carbocycles. The predicted molar refractivity (Wildman–Crippen MR) is 137 cm³/mol. The molecule has 0 atom stereocenters. The van der Waals surface area contributed by atoms with Crippen LogP contribution in [0.25, 0.3) is 10.8 Å². The van der Waals surface area contributed by atoms with E-state index in [0.717, 1.165) is 22.7 Å². The number of anilines is 2. The number of aryl methyl sites for hydroxylation is 1. The number of nitrogens with one attached hydrogen (secondary N) is 2. The van der Waals surface area contributed by atoms with E-state index in [0.29, 0.717) is 13.2 Å². The van der Waals surface area contributed by atoms with Gasteiger partial charge in [0.05, 0.1) is 0 Å². The van der Waals surface area contributed by atoms with Crippen LogP contribution in [0.1, 0.15) is 30.5 Å². The fraction of sp³-hybridized carbons (Fsp3) is 0.207. The molecular weight excluding hydrogens is 408 g/mol. The Morgan fingerprint density at radius 3 is 2.30 bits per heavy atom. The van der Waals surface area contributed by atoms with E-state index in [1.807, 2.05) is 50.2 Å². The number of benzene rings is 4. The van der Waals surface area contributed by atoms with Crippen molar-refractivity contribution >= 4 is 28.1 Å². The number of hydrogen-bond donors (Lipinski definition) is 2. The number of fused-ring (bicyclic) bond motifs is 1. The van der Waals surface area contributed by atoms with Gasteiger partial charge in [-0.3, -0.25) is 4.79 Å². The van der Waals surface area contributed by atoms with E-state index in [-0.39, 0.29) is 11.8 Å². The molecule has 0 aliphatic carbocycles. The quantitative estimate of drug-likeness (QED) is 0.313. The zero-order valence-corrected chi connectivity index (χ0v) is 19.4. The molecule has 0 unspecified atom stereocenters. The Hall–Kier alpha value is -3.79. The average Bonchev–Trinajstić information content (AvgIpc) is 2.83. The summed E-state index contributed by atoms with van der Waals surface area (Å²) in [5, 5.41) is 8.80. The van der Waals surface area contributed by atoms with Crippen LogP contribution in [0, 0.1) is 12.8 Å². The Kier molecular flexibility index (Phi) is 6.94. The van der Waals surface area contributed by atoms with E-state index in [1.165, 1.54) is 21.9 Å². The SMILES string of the molecule is Cc1ccccc1COc1ccc2ccccc2c1CNc1ccc(NC(=O)C(C)C)cc1. The van der Waals surface area contributed by atoms with Crippen LogP contribution >= 0.6 is 0 Å². The first-order valence-corrected chi connectivity index (χ1v) is 11.3. The monoisotopic (exact) mass is 438 g/mol. The minimum Gasteiger partial charge on any atom is -0.489 e. The van der Waals surface area contributed by atoms with Crippen molar-refractivity contribution in [2.24, 2.45) is 5.92 Å². The van der Waals surface area contributed by atoms with E-state index in [2.05, 4.69) is 66.1 Å². The van der Waals surface area contributed by atoms with Crippen LogP contribution in [0.3, 0.4) is 0 Å². The van der Waals surface area contributed by atoms with Crippen molar-refractivity contribution < 1.29 is 9.53 Å². The van der Waals surface area contributed by atoms with Gasteiger partial charge < -0.3 is 15.4 Å². The Morgan fingerprint density at radius 1 is 0.848 bits per heavy atom. The summed E-state index contributed by atoms with van der Waals surface area (Å²) < 4.78 is 6.30. The topological polar surface area (TPSA) is 50.4 Å². The molecule has 0 spiro atoms. The number of rotatable bonds is 8. The first-order chi connectivity index (χ1) is 16.0. The molecule has 4 aromatic rings. The molecule has 0 radical (unpaired) electrons. The first-order valence-electron chi connectivity index (χ1n) is 11.3. The second kappa shape index (κ2) is 10.2. The van der Waals surface area contributed by atoms with Gasteiger partial charge in [-0.1, -0.05) is 68.4 Å². The maximum Gasteiger partial charge on any atom is 0.226 e. The zero-order valence-electron chi connectivity index (χ0n) is 19.4. The number of carbonyl (C=O) groups is 1. The lowest BCUT2D eigenvalue weighted by atomic mass is 10.0.